The largest absolute Gasteiger partial charge is 0.390 e. The van der Waals surface area contributed by atoms with E-state index in [1.54, 1.807) is 0 Å². The molecule has 1 amide bonds. The number of hydrogen-bond donors (Lipinski definition) is 2. The van der Waals surface area contributed by atoms with Crippen LogP contribution in [0.3, 0.4) is 0 Å². The first kappa shape index (κ1) is 16.4. The minimum Gasteiger partial charge on any atom is -0.390 e. The smallest absolute Gasteiger partial charge is 0.220 e. The minimum absolute atomic E-state index is 0.0327. The van der Waals surface area contributed by atoms with Crippen molar-refractivity contribution >= 4 is 17.7 Å². The number of aliphatic hydroxyl groups excluding tert-OH is 1. The molecular formula is C17H25NO2S. The van der Waals surface area contributed by atoms with E-state index in [9.17, 15) is 9.90 Å². The predicted octanol–water partition coefficient (Wildman–Crippen LogP) is 3.07. The van der Waals surface area contributed by atoms with Gasteiger partial charge in [-0.1, -0.05) is 45.0 Å². The molecule has 0 aromatic heterocycles. The predicted molar refractivity (Wildman–Crippen MR) is 88.5 cm³/mol. The topological polar surface area (TPSA) is 49.3 Å². The third-order valence-corrected chi connectivity index (χ3v) is 4.96. The first-order valence-corrected chi connectivity index (χ1v) is 8.54. The molecular weight excluding hydrogens is 282 g/mol. The first-order valence-electron chi connectivity index (χ1n) is 7.56. The summed E-state index contributed by atoms with van der Waals surface area (Å²) in [7, 11) is 0. The van der Waals surface area contributed by atoms with Gasteiger partial charge in [0.2, 0.25) is 5.91 Å². The van der Waals surface area contributed by atoms with E-state index in [0.29, 0.717) is 12.8 Å². The highest BCUT2D eigenvalue weighted by molar-refractivity contribution is 8.00. The van der Waals surface area contributed by atoms with Crippen molar-refractivity contribution in [2.24, 2.45) is 0 Å². The molecule has 0 saturated carbocycles. The highest BCUT2D eigenvalue weighted by Crippen LogP contribution is 2.31. The quantitative estimate of drug-likeness (QED) is 0.822. The zero-order chi connectivity index (χ0) is 15.5. The van der Waals surface area contributed by atoms with Crippen LogP contribution in [0.1, 0.15) is 50.8 Å². The van der Waals surface area contributed by atoms with Gasteiger partial charge in [-0.15, -0.1) is 0 Å². The van der Waals surface area contributed by atoms with Crippen molar-refractivity contribution < 1.29 is 9.90 Å². The van der Waals surface area contributed by atoms with Crippen LogP contribution in [0.4, 0.5) is 0 Å². The van der Waals surface area contributed by atoms with Crippen molar-refractivity contribution in [3.05, 3.63) is 35.4 Å². The molecule has 0 aliphatic heterocycles. The third kappa shape index (κ3) is 4.75. The van der Waals surface area contributed by atoms with Crippen molar-refractivity contribution in [3.8, 4) is 0 Å². The number of benzene rings is 1. The molecule has 1 aromatic rings. The Morgan fingerprint density at radius 1 is 1.38 bits per heavy atom. The van der Waals surface area contributed by atoms with Gasteiger partial charge in [0.25, 0.3) is 0 Å². The fourth-order valence-corrected chi connectivity index (χ4v) is 3.51. The summed E-state index contributed by atoms with van der Waals surface area (Å²) in [5, 5.41) is 13.1. The van der Waals surface area contributed by atoms with Crippen molar-refractivity contribution in [2.45, 2.75) is 56.9 Å². The second-order valence-corrected chi connectivity index (χ2v) is 8.50. The Labute approximate surface area is 131 Å². The first-order chi connectivity index (χ1) is 9.87. The molecule has 116 valence electrons. The molecule has 0 saturated heterocycles. The van der Waals surface area contributed by atoms with Crippen LogP contribution >= 0.6 is 11.8 Å². The molecule has 1 aromatic carbocycles. The van der Waals surface area contributed by atoms with Crippen molar-refractivity contribution in [1.29, 1.82) is 0 Å². The summed E-state index contributed by atoms with van der Waals surface area (Å²) in [6, 6.07) is 7.69. The number of fused-ring (bicyclic) bond motifs is 1. The Morgan fingerprint density at radius 3 is 2.81 bits per heavy atom. The number of hydrogen-bond acceptors (Lipinski definition) is 3. The van der Waals surface area contributed by atoms with Gasteiger partial charge in [-0.05, 0) is 23.3 Å². The summed E-state index contributed by atoms with van der Waals surface area (Å²) in [6.45, 7) is 6.55. The van der Waals surface area contributed by atoms with E-state index in [-0.39, 0.29) is 16.7 Å². The number of thioether (sulfide) groups is 1. The Balaban J connectivity index is 1.81. The van der Waals surface area contributed by atoms with Crippen LogP contribution in [-0.2, 0) is 11.2 Å². The zero-order valence-corrected chi connectivity index (χ0v) is 13.9. The Kier molecular flexibility index (Phi) is 5.33. The van der Waals surface area contributed by atoms with Gasteiger partial charge in [0.05, 0.1) is 12.1 Å². The maximum absolute atomic E-state index is 12.0. The van der Waals surface area contributed by atoms with Crippen LogP contribution < -0.4 is 5.32 Å². The summed E-state index contributed by atoms with van der Waals surface area (Å²) in [4.78, 5) is 12.0. The number of carbonyl (C=O) groups excluding carboxylic acids is 1. The average molecular weight is 307 g/mol. The van der Waals surface area contributed by atoms with Crippen LogP contribution in [0.2, 0.25) is 0 Å². The number of aliphatic hydroxyl groups is 1. The average Bonchev–Trinajstić information content (AvgIpc) is 2.70. The lowest BCUT2D eigenvalue weighted by Gasteiger charge is -2.19. The number of amides is 1. The number of nitrogens with one attached hydrogen (secondary N) is 1. The van der Waals surface area contributed by atoms with Gasteiger partial charge >= 0.3 is 0 Å². The van der Waals surface area contributed by atoms with E-state index in [1.165, 1.54) is 0 Å². The molecule has 0 radical (unpaired) electrons. The lowest BCUT2D eigenvalue weighted by atomic mass is 10.1. The van der Waals surface area contributed by atoms with Crippen molar-refractivity contribution in [2.75, 3.05) is 5.75 Å². The maximum atomic E-state index is 12.0. The van der Waals surface area contributed by atoms with E-state index in [4.69, 9.17) is 0 Å². The fourth-order valence-electron chi connectivity index (χ4n) is 2.60. The summed E-state index contributed by atoms with van der Waals surface area (Å²) in [5.74, 6) is 1.02. The highest BCUT2D eigenvalue weighted by Gasteiger charge is 2.31. The SMILES string of the molecule is CC(C)(C)SCCCC(=O)NC1c2ccccc2CC1O. The fraction of sp³-hybridized carbons (Fsp3) is 0.588. The molecule has 0 fully saturated rings. The van der Waals surface area contributed by atoms with Gasteiger partial charge in [-0.25, -0.2) is 0 Å². The van der Waals surface area contributed by atoms with E-state index < -0.39 is 6.10 Å². The van der Waals surface area contributed by atoms with Crippen LogP contribution in [0.15, 0.2) is 24.3 Å². The molecule has 21 heavy (non-hydrogen) atoms. The van der Waals surface area contributed by atoms with Crippen LogP contribution in [0.5, 0.6) is 0 Å². The normalized spacial score (nSPS) is 21.1. The maximum Gasteiger partial charge on any atom is 0.220 e. The molecule has 1 aliphatic rings. The van der Waals surface area contributed by atoms with Gasteiger partial charge in [-0.2, -0.15) is 11.8 Å². The standard InChI is InChI=1S/C17H25NO2S/c1-17(2,3)21-10-6-9-15(20)18-16-13-8-5-4-7-12(13)11-14(16)19/h4-5,7-8,14,16,19H,6,9-11H2,1-3H3,(H,18,20). The molecule has 0 bridgehead atoms. The molecule has 2 atom stereocenters. The van der Waals surface area contributed by atoms with Crippen molar-refractivity contribution in [3.63, 3.8) is 0 Å². The van der Waals surface area contributed by atoms with Gasteiger partial charge in [0, 0.05) is 17.6 Å². The van der Waals surface area contributed by atoms with Crippen LogP contribution in [-0.4, -0.2) is 27.6 Å². The summed E-state index contributed by atoms with van der Waals surface area (Å²) in [5.41, 5.74) is 2.20. The van der Waals surface area contributed by atoms with E-state index in [2.05, 4.69) is 26.1 Å². The van der Waals surface area contributed by atoms with E-state index in [1.807, 2.05) is 36.0 Å². The van der Waals surface area contributed by atoms with Crippen LogP contribution in [0, 0.1) is 0 Å². The van der Waals surface area contributed by atoms with Gasteiger partial charge in [0.1, 0.15) is 0 Å². The molecule has 2 N–H and O–H groups in total. The van der Waals surface area contributed by atoms with Gasteiger partial charge in [-0.3, -0.25) is 4.79 Å². The van der Waals surface area contributed by atoms with E-state index >= 15 is 0 Å². The second kappa shape index (κ2) is 6.84. The number of rotatable bonds is 5. The van der Waals surface area contributed by atoms with Gasteiger partial charge < -0.3 is 10.4 Å². The summed E-state index contributed by atoms with van der Waals surface area (Å²) >= 11 is 1.88. The van der Waals surface area contributed by atoms with E-state index in [0.717, 1.165) is 23.3 Å². The molecule has 4 heteroatoms. The molecule has 1 aliphatic carbocycles. The molecule has 0 spiro atoms. The summed E-state index contributed by atoms with van der Waals surface area (Å²) in [6.07, 6.45) is 1.52. The van der Waals surface area contributed by atoms with Crippen molar-refractivity contribution in [1.82, 2.24) is 5.32 Å². The monoisotopic (exact) mass is 307 g/mol. The lowest BCUT2D eigenvalue weighted by Crippen LogP contribution is -2.33. The van der Waals surface area contributed by atoms with Crippen LogP contribution in [0.25, 0.3) is 0 Å². The Bertz CT molecular complexity index is 496. The molecule has 2 rings (SSSR count). The lowest BCUT2D eigenvalue weighted by molar-refractivity contribution is -0.122. The zero-order valence-electron chi connectivity index (χ0n) is 13.1. The second-order valence-electron chi connectivity index (χ2n) is 6.58. The summed E-state index contributed by atoms with van der Waals surface area (Å²) < 4.78 is 0.247. The van der Waals surface area contributed by atoms with Gasteiger partial charge in [0.15, 0.2) is 0 Å². The molecule has 0 heterocycles. The Morgan fingerprint density at radius 2 is 2.10 bits per heavy atom. The number of carbonyl (C=O) groups is 1. The third-order valence-electron chi connectivity index (χ3n) is 3.60. The minimum atomic E-state index is -0.504. The highest BCUT2D eigenvalue weighted by atomic mass is 32.2. The molecule has 2 unspecified atom stereocenters. The molecule has 3 nitrogen and oxygen atoms in total. The Hall–Kier alpha value is -1.00.